The Morgan fingerprint density at radius 1 is 1.55 bits per heavy atom. The van der Waals surface area contributed by atoms with Crippen LogP contribution in [0.1, 0.15) is 36.5 Å². The number of esters is 1. The maximum Gasteiger partial charge on any atom is 0.340 e. The monoisotopic (exact) mass is 278 g/mol. The summed E-state index contributed by atoms with van der Waals surface area (Å²) in [6, 6.07) is 5.33. The van der Waals surface area contributed by atoms with Gasteiger partial charge in [-0.15, -0.1) is 0 Å². The van der Waals surface area contributed by atoms with Crippen molar-refractivity contribution in [3.63, 3.8) is 0 Å². The van der Waals surface area contributed by atoms with Crippen LogP contribution in [-0.4, -0.2) is 31.8 Å². The molecule has 0 bridgehead atoms. The first-order valence-electron chi connectivity index (χ1n) is 7.13. The van der Waals surface area contributed by atoms with E-state index in [4.69, 9.17) is 15.2 Å². The molecule has 1 heterocycles. The highest BCUT2D eigenvalue weighted by molar-refractivity contribution is 5.96. The number of nitrogens with two attached hydrogens (primary N) is 1. The van der Waals surface area contributed by atoms with Crippen molar-refractivity contribution < 1.29 is 14.3 Å². The van der Waals surface area contributed by atoms with Crippen molar-refractivity contribution in [1.82, 2.24) is 0 Å². The number of carbonyl (C=O) groups excluding carboxylic acids is 1. The van der Waals surface area contributed by atoms with Gasteiger partial charge in [-0.3, -0.25) is 0 Å². The number of hydrogen-bond acceptors (Lipinski definition) is 5. The molecule has 1 saturated heterocycles. The van der Waals surface area contributed by atoms with Crippen molar-refractivity contribution in [2.45, 2.75) is 32.3 Å². The van der Waals surface area contributed by atoms with E-state index < -0.39 is 0 Å². The van der Waals surface area contributed by atoms with E-state index in [0.29, 0.717) is 24.0 Å². The molecule has 5 heteroatoms. The third-order valence-corrected chi connectivity index (χ3v) is 3.37. The van der Waals surface area contributed by atoms with E-state index in [9.17, 15) is 4.79 Å². The molecule has 5 nitrogen and oxygen atoms in total. The lowest BCUT2D eigenvalue weighted by Crippen LogP contribution is -2.13. The van der Waals surface area contributed by atoms with Gasteiger partial charge in [0.2, 0.25) is 0 Å². The van der Waals surface area contributed by atoms with Gasteiger partial charge in [0, 0.05) is 24.5 Å². The Morgan fingerprint density at radius 2 is 2.40 bits per heavy atom. The molecule has 1 aliphatic rings. The van der Waals surface area contributed by atoms with Crippen molar-refractivity contribution in [2.75, 3.05) is 30.8 Å². The quantitative estimate of drug-likeness (QED) is 0.617. The van der Waals surface area contributed by atoms with Crippen molar-refractivity contribution in [1.29, 1.82) is 0 Å². The fraction of sp³-hybridized carbons (Fsp3) is 0.533. The molecule has 1 fully saturated rings. The normalized spacial score (nSPS) is 17.9. The van der Waals surface area contributed by atoms with E-state index in [1.165, 1.54) is 0 Å². The van der Waals surface area contributed by atoms with Gasteiger partial charge in [-0.05, 0) is 44.4 Å². The molecule has 0 radical (unpaired) electrons. The van der Waals surface area contributed by atoms with E-state index in [2.05, 4.69) is 5.32 Å². The molecule has 1 aliphatic heterocycles. The van der Waals surface area contributed by atoms with Crippen LogP contribution < -0.4 is 11.1 Å². The van der Waals surface area contributed by atoms with Crippen LogP contribution in [0.4, 0.5) is 11.4 Å². The molecule has 2 rings (SSSR count). The Kier molecular flexibility index (Phi) is 5.24. The zero-order chi connectivity index (χ0) is 14.4. The first-order chi connectivity index (χ1) is 9.70. The third-order valence-electron chi connectivity index (χ3n) is 3.37. The van der Waals surface area contributed by atoms with Gasteiger partial charge in [0.1, 0.15) is 0 Å². The first kappa shape index (κ1) is 14.7. The smallest absolute Gasteiger partial charge is 0.340 e. The predicted molar refractivity (Wildman–Crippen MR) is 78.9 cm³/mol. The average molecular weight is 278 g/mol. The Balaban J connectivity index is 1.90. The fourth-order valence-electron chi connectivity index (χ4n) is 2.30. The zero-order valence-electron chi connectivity index (χ0n) is 11.9. The van der Waals surface area contributed by atoms with E-state index in [1.807, 2.05) is 6.07 Å². The molecule has 0 saturated carbocycles. The largest absolute Gasteiger partial charge is 0.462 e. The zero-order valence-corrected chi connectivity index (χ0v) is 11.9. The Morgan fingerprint density at radius 3 is 3.10 bits per heavy atom. The molecular formula is C15H22N2O3. The van der Waals surface area contributed by atoms with Gasteiger partial charge >= 0.3 is 5.97 Å². The number of nitrogens with one attached hydrogen (secondary N) is 1. The Hall–Kier alpha value is -1.75. The highest BCUT2D eigenvalue weighted by atomic mass is 16.5. The van der Waals surface area contributed by atoms with Gasteiger partial charge in [-0.2, -0.15) is 0 Å². The lowest BCUT2D eigenvalue weighted by atomic mass is 10.1. The molecule has 1 unspecified atom stereocenters. The summed E-state index contributed by atoms with van der Waals surface area (Å²) in [5, 5.41) is 3.29. The lowest BCUT2D eigenvalue weighted by Gasteiger charge is -2.12. The molecule has 1 aromatic carbocycles. The van der Waals surface area contributed by atoms with E-state index >= 15 is 0 Å². The highest BCUT2D eigenvalue weighted by Crippen LogP contribution is 2.20. The first-order valence-corrected chi connectivity index (χ1v) is 7.13. The van der Waals surface area contributed by atoms with Crippen LogP contribution in [0.2, 0.25) is 0 Å². The minimum Gasteiger partial charge on any atom is -0.462 e. The van der Waals surface area contributed by atoms with E-state index in [0.717, 1.165) is 38.1 Å². The highest BCUT2D eigenvalue weighted by Gasteiger charge is 2.15. The topological polar surface area (TPSA) is 73.6 Å². The molecule has 0 aliphatic carbocycles. The predicted octanol–water partition coefficient (Wildman–Crippen LogP) is 2.43. The van der Waals surface area contributed by atoms with Crippen LogP contribution in [0.15, 0.2) is 18.2 Å². The summed E-state index contributed by atoms with van der Waals surface area (Å²) in [5.41, 5.74) is 7.52. The van der Waals surface area contributed by atoms with Crippen LogP contribution in [0, 0.1) is 0 Å². The van der Waals surface area contributed by atoms with Crippen LogP contribution in [0.25, 0.3) is 0 Å². The van der Waals surface area contributed by atoms with Crippen LogP contribution in [-0.2, 0) is 9.47 Å². The van der Waals surface area contributed by atoms with Gasteiger partial charge in [0.15, 0.2) is 0 Å². The number of hydrogen-bond donors (Lipinski definition) is 2. The Bertz CT molecular complexity index is 456. The number of rotatable bonds is 6. The summed E-state index contributed by atoms with van der Waals surface area (Å²) < 4.78 is 10.6. The van der Waals surface area contributed by atoms with Crippen molar-refractivity contribution in [3.05, 3.63) is 23.8 Å². The van der Waals surface area contributed by atoms with Crippen molar-refractivity contribution in [2.24, 2.45) is 0 Å². The van der Waals surface area contributed by atoms with Crippen molar-refractivity contribution >= 4 is 17.3 Å². The van der Waals surface area contributed by atoms with Gasteiger partial charge in [-0.25, -0.2) is 4.79 Å². The standard InChI is InChI=1S/C15H22N2O3/c1-2-19-15(18)13-10-11(5-6-14(13)16)17-8-7-12-4-3-9-20-12/h5-6,10,12,17H,2-4,7-9,16H2,1H3. The maximum absolute atomic E-state index is 11.8. The summed E-state index contributed by atoms with van der Waals surface area (Å²) in [6.07, 6.45) is 3.62. The molecule has 110 valence electrons. The van der Waals surface area contributed by atoms with Gasteiger partial charge < -0.3 is 20.5 Å². The molecule has 1 atom stereocenters. The number of anilines is 2. The van der Waals surface area contributed by atoms with Gasteiger partial charge in [0.05, 0.1) is 18.3 Å². The minimum absolute atomic E-state index is 0.342. The van der Waals surface area contributed by atoms with Crippen molar-refractivity contribution in [3.8, 4) is 0 Å². The molecule has 0 spiro atoms. The van der Waals surface area contributed by atoms with E-state index in [1.54, 1.807) is 19.1 Å². The summed E-state index contributed by atoms with van der Waals surface area (Å²) in [7, 11) is 0. The van der Waals surface area contributed by atoms with Gasteiger partial charge in [0.25, 0.3) is 0 Å². The fourth-order valence-corrected chi connectivity index (χ4v) is 2.30. The van der Waals surface area contributed by atoms with E-state index in [-0.39, 0.29) is 5.97 Å². The number of benzene rings is 1. The summed E-state index contributed by atoms with van der Waals surface area (Å²) in [4.78, 5) is 11.8. The minimum atomic E-state index is -0.382. The molecule has 0 amide bonds. The number of ether oxygens (including phenoxy) is 2. The number of carbonyl (C=O) groups is 1. The SMILES string of the molecule is CCOC(=O)c1cc(NCCC2CCCO2)ccc1N. The summed E-state index contributed by atoms with van der Waals surface area (Å²) in [5.74, 6) is -0.382. The average Bonchev–Trinajstić information content (AvgIpc) is 2.94. The second kappa shape index (κ2) is 7.14. The molecule has 0 aromatic heterocycles. The second-order valence-electron chi connectivity index (χ2n) is 4.87. The second-order valence-corrected chi connectivity index (χ2v) is 4.87. The van der Waals surface area contributed by atoms with Crippen LogP contribution in [0.3, 0.4) is 0 Å². The van der Waals surface area contributed by atoms with Gasteiger partial charge in [-0.1, -0.05) is 0 Å². The third kappa shape index (κ3) is 3.87. The number of nitrogen functional groups attached to an aromatic ring is 1. The summed E-state index contributed by atoms with van der Waals surface area (Å²) in [6.45, 7) is 3.81. The Labute approximate surface area is 119 Å². The van der Waals surface area contributed by atoms with Crippen LogP contribution >= 0.6 is 0 Å². The summed E-state index contributed by atoms with van der Waals surface area (Å²) >= 11 is 0. The molecule has 20 heavy (non-hydrogen) atoms. The van der Waals surface area contributed by atoms with Crippen LogP contribution in [0.5, 0.6) is 0 Å². The molecule has 1 aromatic rings. The lowest BCUT2D eigenvalue weighted by molar-refractivity contribution is 0.0527. The maximum atomic E-state index is 11.8. The molecular weight excluding hydrogens is 256 g/mol. The molecule has 3 N–H and O–H groups in total.